The molecule has 0 aromatic heterocycles. The van der Waals surface area contributed by atoms with Gasteiger partial charge in [0.25, 0.3) is 0 Å². The van der Waals surface area contributed by atoms with E-state index < -0.39 is 8.69 Å². The molecule has 3 heteroatoms. The summed E-state index contributed by atoms with van der Waals surface area (Å²) in [6.45, 7) is 6.95. The van der Waals surface area contributed by atoms with Crippen molar-refractivity contribution in [3.05, 3.63) is 0 Å². The average Bonchev–Trinajstić information content (AvgIpc) is 2.36. The minimum Gasteiger partial charge on any atom is -0.348 e. The predicted octanol–water partition coefficient (Wildman–Crippen LogP) is 5.99. The van der Waals surface area contributed by atoms with Crippen LogP contribution in [0.1, 0.15) is 97.8 Å². The van der Waals surface area contributed by atoms with Gasteiger partial charge in [-0.1, -0.05) is 97.8 Å². The molecule has 0 fully saturated rings. The normalized spacial score (nSPS) is 11.0. The fourth-order valence-corrected chi connectivity index (χ4v) is 2.22. The van der Waals surface area contributed by atoms with Crippen LogP contribution in [0, 0.1) is 5.92 Å². The van der Waals surface area contributed by atoms with Gasteiger partial charge in [0.2, 0.25) is 0 Å². The largest absolute Gasteiger partial charge is 0.348 e. The van der Waals surface area contributed by atoms with Crippen LogP contribution in [0.3, 0.4) is 0 Å². The Hall–Kier alpha value is 0.190. The van der Waals surface area contributed by atoms with E-state index in [4.69, 9.17) is 9.46 Å². The smallest absolute Gasteiger partial charge is 0.177 e. The topological polar surface area (TPSA) is 37.3 Å². The second-order valence-electron chi connectivity index (χ2n) is 5.82. The molecule has 2 nitrogen and oxygen atoms in total. The first kappa shape index (κ1) is 21.5. The minimum absolute atomic E-state index is 0.901. The van der Waals surface area contributed by atoms with Crippen molar-refractivity contribution in [1.29, 1.82) is 0 Å². The third kappa shape index (κ3) is 27.4. The standard InChI is InChI=1S/C16H34.H3O2P/c1-4-5-6-7-8-9-10-11-12-13-14-15-16(2)3;1-3-2/h16H,4-15H2,1-3H3;3H2,(H,1,2). The lowest BCUT2D eigenvalue weighted by Gasteiger charge is -2.04. The SMILES string of the molecule is CCCCCCCCCCCCCC(C)C.O=[PH2]O. The molecular formula is C16H37O2P. The van der Waals surface area contributed by atoms with E-state index in [1.165, 1.54) is 77.0 Å². The summed E-state index contributed by atoms with van der Waals surface area (Å²) >= 11 is 0. The highest BCUT2D eigenvalue weighted by Gasteiger charge is 1.95. The first-order valence-corrected chi connectivity index (χ1v) is 9.25. The molecule has 1 atom stereocenters. The summed E-state index contributed by atoms with van der Waals surface area (Å²) in [6.07, 6.45) is 17.5. The van der Waals surface area contributed by atoms with Crippen molar-refractivity contribution in [3.8, 4) is 0 Å². The van der Waals surface area contributed by atoms with E-state index in [1.54, 1.807) is 0 Å². The molecular weight excluding hydrogens is 255 g/mol. The highest BCUT2D eigenvalue weighted by molar-refractivity contribution is 7.16. The molecule has 0 aliphatic carbocycles. The summed E-state index contributed by atoms with van der Waals surface area (Å²) in [5, 5.41) is 0. The molecule has 0 bridgehead atoms. The van der Waals surface area contributed by atoms with Crippen molar-refractivity contribution in [3.63, 3.8) is 0 Å². The van der Waals surface area contributed by atoms with Crippen LogP contribution in [0.2, 0.25) is 0 Å². The van der Waals surface area contributed by atoms with Crippen molar-refractivity contribution in [2.45, 2.75) is 97.8 Å². The minimum atomic E-state index is -1.50. The molecule has 0 saturated carbocycles. The van der Waals surface area contributed by atoms with Crippen molar-refractivity contribution in [2.75, 3.05) is 0 Å². The van der Waals surface area contributed by atoms with Gasteiger partial charge < -0.3 is 4.89 Å². The van der Waals surface area contributed by atoms with Crippen molar-refractivity contribution >= 4 is 8.69 Å². The van der Waals surface area contributed by atoms with E-state index in [0.29, 0.717) is 0 Å². The molecule has 0 saturated heterocycles. The van der Waals surface area contributed by atoms with Crippen LogP contribution in [0.15, 0.2) is 0 Å². The van der Waals surface area contributed by atoms with Gasteiger partial charge in [0.15, 0.2) is 8.69 Å². The number of unbranched alkanes of at least 4 members (excludes halogenated alkanes) is 10. The summed E-state index contributed by atoms with van der Waals surface area (Å²) in [5.41, 5.74) is 0. The van der Waals surface area contributed by atoms with Gasteiger partial charge in [-0.3, -0.25) is 4.57 Å². The fraction of sp³-hybridized carbons (Fsp3) is 1.00. The van der Waals surface area contributed by atoms with Gasteiger partial charge in [0, 0.05) is 0 Å². The predicted molar refractivity (Wildman–Crippen MR) is 88.5 cm³/mol. The summed E-state index contributed by atoms with van der Waals surface area (Å²) in [7, 11) is -1.50. The average molecular weight is 292 g/mol. The summed E-state index contributed by atoms with van der Waals surface area (Å²) in [4.78, 5) is 7.10. The van der Waals surface area contributed by atoms with Crippen LogP contribution < -0.4 is 0 Å². The fourth-order valence-electron chi connectivity index (χ4n) is 2.22. The molecule has 0 aliphatic rings. The Kier molecular flexibility index (Phi) is 23.2. The summed E-state index contributed by atoms with van der Waals surface area (Å²) in [6, 6.07) is 0. The van der Waals surface area contributed by atoms with E-state index in [-0.39, 0.29) is 0 Å². The number of rotatable bonds is 12. The molecule has 0 radical (unpaired) electrons. The molecule has 0 heterocycles. The third-order valence-electron chi connectivity index (χ3n) is 3.39. The van der Waals surface area contributed by atoms with Gasteiger partial charge in [0.1, 0.15) is 0 Å². The van der Waals surface area contributed by atoms with Gasteiger partial charge in [0.05, 0.1) is 0 Å². The maximum Gasteiger partial charge on any atom is 0.177 e. The summed E-state index contributed by atoms with van der Waals surface area (Å²) < 4.78 is 8.57. The van der Waals surface area contributed by atoms with E-state index in [2.05, 4.69) is 20.8 Å². The monoisotopic (exact) mass is 292 g/mol. The molecule has 1 N–H and O–H groups in total. The van der Waals surface area contributed by atoms with E-state index in [1.807, 2.05) is 0 Å². The highest BCUT2D eigenvalue weighted by Crippen LogP contribution is 2.13. The molecule has 0 amide bonds. The Morgan fingerprint density at radius 2 is 1.11 bits per heavy atom. The second kappa shape index (κ2) is 20.5. The highest BCUT2D eigenvalue weighted by atomic mass is 31.1. The zero-order valence-corrected chi connectivity index (χ0v) is 14.7. The van der Waals surface area contributed by atoms with Gasteiger partial charge in [-0.05, 0) is 5.92 Å². The summed E-state index contributed by atoms with van der Waals surface area (Å²) in [5.74, 6) is 0.901. The Morgan fingerprint density at radius 1 is 0.789 bits per heavy atom. The lowest BCUT2D eigenvalue weighted by molar-refractivity contribution is 0.504. The van der Waals surface area contributed by atoms with Crippen molar-refractivity contribution in [1.82, 2.24) is 0 Å². The Balaban J connectivity index is 0. The van der Waals surface area contributed by atoms with Gasteiger partial charge in [-0.25, -0.2) is 0 Å². The molecule has 19 heavy (non-hydrogen) atoms. The Labute approximate surface area is 122 Å². The first-order valence-electron chi connectivity index (χ1n) is 8.26. The van der Waals surface area contributed by atoms with Crippen molar-refractivity contribution < 1.29 is 9.46 Å². The van der Waals surface area contributed by atoms with Crippen LogP contribution in [0.5, 0.6) is 0 Å². The van der Waals surface area contributed by atoms with Crippen LogP contribution in [0.25, 0.3) is 0 Å². The molecule has 0 aliphatic heterocycles. The quantitative estimate of drug-likeness (QED) is 0.354. The molecule has 1 unspecified atom stereocenters. The second-order valence-corrected chi connectivity index (χ2v) is 6.03. The van der Waals surface area contributed by atoms with Crippen LogP contribution >= 0.6 is 8.69 Å². The Bertz CT molecular complexity index is 161. The molecule has 0 rings (SSSR count). The van der Waals surface area contributed by atoms with E-state index >= 15 is 0 Å². The maximum absolute atomic E-state index is 8.57. The van der Waals surface area contributed by atoms with Crippen LogP contribution in [-0.4, -0.2) is 4.89 Å². The molecule has 0 aromatic rings. The number of hydrogen-bond donors (Lipinski definition) is 1. The van der Waals surface area contributed by atoms with E-state index in [0.717, 1.165) is 5.92 Å². The maximum atomic E-state index is 8.57. The van der Waals surface area contributed by atoms with Gasteiger partial charge in [-0.15, -0.1) is 0 Å². The van der Waals surface area contributed by atoms with E-state index in [9.17, 15) is 0 Å². The lowest BCUT2D eigenvalue weighted by Crippen LogP contribution is -1.87. The van der Waals surface area contributed by atoms with Crippen LogP contribution in [-0.2, 0) is 4.57 Å². The first-order chi connectivity index (χ1) is 9.18. The van der Waals surface area contributed by atoms with Gasteiger partial charge in [-0.2, -0.15) is 0 Å². The molecule has 118 valence electrons. The van der Waals surface area contributed by atoms with Crippen LogP contribution in [0.4, 0.5) is 0 Å². The molecule has 0 aromatic carbocycles. The Morgan fingerprint density at radius 3 is 1.42 bits per heavy atom. The van der Waals surface area contributed by atoms with Gasteiger partial charge >= 0.3 is 0 Å². The zero-order chi connectivity index (χ0) is 14.8. The molecule has 0 spiro atoms. The number of hydrogen-bond acceptors (Lipinski definition) is 1. The lowest BCUT2D eigenvalue weighted by atomic mass is 10.0. The zero-order valence-electron chi connectivity index (χ0n) is 13.5. The third-order valence-corrected chi connectivity index (χ3v) is 3.39. The van der Waals surface area contributed by atoms with Crippen molar-refractivity contribution in [2.24, 2.45) is 5.92 Å².